The summed E-state index contributed by atoms with van der Waals surface area (Å²) in [5.41, 5.74) is 0. The Kier molecular flexibility index (Phi) is 5.57. The molecule has 3 rings (SSSR count). The van der Waals surface area contributed by atoms with Gasteiger partial charge in [0.15, 0.2) is 0 Å². The quantitative estimate of drug-likeness (QED) is 0.658. The monoisotopic (exact) mass is 351 g/mol. The fourth-order valence-electron chi connectivity index (χ4n) is 3.77. The first kappa shape index (κ1) is 18.1. The van der Waals surface area contributed by atoms with Crippen LogP contribution in [0.2, 0.25) is 5.04 Å². The smallest absolute Gasteiger partial charge is 0.261 e. The summed E-state index contributed by atoms with van der Waals surface area (Å²) in [6.45, 7) is 8.71. The zero-order chi connectivity index (χ0) is 17.8. The Labute approximate surface area is 153 Å². The lowest BCUT2D eigenvalue weighted by molar-refractivity contribution is 0.268. The van der Waals surface area contributed by atoms with Gasteiger partial charge in [0.25, 0.3) is 8.32 Å². The van der Waals surface area contributed by atoms with E-state index in [1.165, 1.54) is 10.4 Å². The van der Waals surface area contributed by atoms with Crippen LogP contribution in [0, 0.1) is 0 Å². The summed E-state index contributed by atoms with van der Waals surface area (Å²) in [6, 6.07) is 22.0. The molecule has 1 aliphatic heterocycles. The minimum absolute atomic E-state index is 0.0358. The van der Waals surface area contributed by atoms with Crippen LogP contribution in [-0.2, 0) is 4.43 Å². The van der Waals surface area contributed by atoms with Crippen molar-refractivity contribution >= 4 is 18.7 Å². The van der Waals surface area contributed by atoms with Gasteiger partial charge in [0, 0.05) is 6.04 Å². The van der Waals surface area contributed by atoms with E-state index in [-0.39, 0.29) is 5.04 Å². The van der Waals surface area contributed by atoms with E-state index in [1.807, 2.05) is 0 Å². The highest BCUT2D eigenvalue weighted by atomic mass is 28.4. The highest BCUT2D eigenvalue weighted by Gasteiger charge is 2.50. The normalized spacial score (nSPS) is 18.3. The Morgan fingerprint density at radius 3 is 1.96 bits per heavy atom. The first-order chi connectivity index (χ1) is 12.0. The molecular weight excluding hydrogens is 322 g/mol. The van der Waals surface area contributed by atoms with E-state index in [9.17, 15) is 0 Å². The Bertz CT molecular complexity index is 651. The van der Waals surface area contributed by atoms with Crippen LogP contribution in [0.4, 0.5) is 0 Å². The van der Waals surface area contributed by atoms with Crippen molar-refractivity contribution in [1.29, 1.82) is 0 Å². The molecule has 1 N–H and O–H groups in total. The minimum atomic E-state index is -2.41. The van der Waals surface area contributed by atoms with Gasteiger partial charge in [0.2, 0.25) is 0 Å². The van der Waals surface area contributed by atoms with Crippen LogP contribution in [0.25, 0.3) is 0 Å². The van der Waals surface area contributed by atoms with Crippen molar-refractivity contribution in [3.63, 3.8) is 0 Å². The molecule has 0 unspecified atom stereocenters. The number of rotatable bonds is 5. The maximum atomic E-state index is 6.93. The van der Waals surface area contributed by atoms with Crippen molar-refractivity contribution in [2.45, 2.75) is 38.3 Å². The molecule has 0 saturated carbocycles. The standard InChI is InChI=1S/C22H29NOSi/c1-22(2,3)25(20-13-6-4-7-14-20,21-15-8-5-9-16-21)24-18-19-12-10-11-17-23-19/h4-10,12-16,19,23H,11,17-18H2,1-3H3/t19-/m0/s1. The second-order valence-corrected chi connectivity index (χ2v) is 12.1. The zero-order valence-electron chi connectivity index (χ0n) is 15.5. The average Bonchev–Trinajstić information content (AvgIpc) is 2.64. The van der Waals surface area contributed by atoms with E-state index < -0.39 is 8.32 Å². The van der Waals surface area contributed by atoms with Crippen LogP contribution in [-0.4, -0.2) is 27.5 Å². The van der Waals surface area contributed by atoms with Crippen LogP contribution in [0.15, 0.2) is 72.8 Å². The van der Waals surface area contributed by atoms with Crippen molar-refractivity contribution in [1.82, 2.24) is 5.32 Å². The van der Waals surface area contributed by atoms with Gasteiger partial charge in [-0.05, 0) is 28.4 Å². The van der Waals surface area contributed by atoms with Gasteiger partial charge in [-0.15, -0.1) is 0 Å². The first-order valence-corrected chi connectivity index (χ1v) is 11.1. The van der Waals surface area contributed by atoms with Crippen molar-refractivity contribution in [2.75, 3.05) is 13.2 Å². The molecule has 132 valence electrons. The Morgan fingerprint density at radius 1 is 0.960 bits per heavy atom. The molecule has 2 nitrogen and oxygen atoms in total. The molecule has 0 bridgehead atoms. The second-order valence-electron chi connectivity index (χ2n) is 7.75. The largest absolute Gasteiger partial charge is 0.405 e. The van der Waals surface area contributed by atoms with Gasteiger partial charge in [-0.3, -0.25) is 0 Å². The topological polar surface area (TPSA) is 21.3 Å². The van der Waals surface area contributed by atoms with Crippen molar-refractivity contribution < 1.29 is 4.43 Å². The van der Waals surface area contributed by atoms with Gasteiger partial charge >= 0.3 is 0 Å². The van der Waals surface area contributed by atoms with Crippen LogP contribution in [0.3, 0.4) is 0 Å². The average molecular weight is 352 g/mol. The third-order valence-electron chi connectivity index (χ3n) is 4.98. The summed E-state index contributed by atoms with van der Waals surface area (Å²) >= 11 is 0. The van der Waals surface area contributed by atoms with E-state index in [4.69, 9.17) is 4.43 Å². The molecule has 0 saturated heterocycles. The van der Waals surface area contributed by atoms with Gasteiger partial charge in [-0.2, -0.15) is 0 Å². The number of hydrogen-bond donors (Lipinski definition) is 1. The summed E-state index contributed by atoms with van der Waals surface area (Å²) < 4.78 is 6.93. The lowest BCUT2D eigenvalue weighted by Gasteiger charge is -2.43. The minimum Gasteiger partial charge on any atom is -0.405 e. The highest BCUT2D eigenvalue weighted by molar-refractivity contribution is 6.99. The fourth-order valence-corrected chi connectivity index (χ4v) is 8.36. The van der Waals surface area contributed by atoms with E-state index in [1.54, 1.807) is 0 Å². The third-order valence-corrected chi connectivity index (χ3v) is 9.99. The molecule has 2 aromatic rings. The molecule has 0 spiro atoms. The Morgan fingerprint density at radius 2 is 1.52 bits per heavy atom. The lowest BCUT2D eigenvalue weighted by atomic mass is 10.2. The predicted octanol–water partition coefficient (Wildman–Crippen LogP) is 3.48. The van der Waals surface area contributed by atoms with Crippen molar-refractivity contribution in [3.05, 3.63) is 72.8 Å². The summed E-state index contributed by atoms with van der Waals surface area (Å²) in [5.74, 6) is 0. The number of nitrogens with one attached hydrogen (secondary N) is 1. The van der Waals surface area contributed by atoms with Crippen LogP contribution in [0.1, 0.15) is 27.2 Å². The van der Waals surface area contributed by atoms with Gasteiger partial charge in [-0.25, -0.2) is 0 Å². The van der Waals surface area contributed by atoms with Crippen LogP contribution >= 0.6 is 0 Å². The van der Waals surface area contributed by atoms with Crippen molar-refractivity contribution in [2.24, 2.45) is 0 Å². The molecule has 1 atom stereocenters. The molecule has 0 radical (unpaired) electrons. The van der Waals surface area contributed by atoms with E-state index >= 15 is 0 Å². The van der Waals surface area contributed by atoms with Gasteiger partial charge in [0.1, 0.15) is 0 Å². The third kappa shape index (κ3) is 3.79. The molecule has 25 heavy (non-hydrogen) atoms. The summed E-state index contributed by atoms with van der Waals surface area (Å²) in [7, 11) is -2.41. The number of hydrogen-bond acceptors (Lipinski definition) is 2. The van der Waals surface area contributed by atoms with Gasteiger partial charge < -0.3 is 9.74 Å². The maximum Gasteiger partial charge on any atom is 0.261 e. The summed E-state index contributed by atoms with van der Waals surface area (Å²) in [5, 5.41) is 6.27. The van der Waals surface area contributed by atoms with Crippen LogP contribution < -0.4 is 15.7 Å². The molecule has 0 aromatic heterocycles. The van der Waals surface area contributed by atoms with E-state index in [2.05, 4.69) is 98.9 Å². The molecule has 0 aliphatic carbocycles. The second kappa shape index (κ2) is 7.69. The maximum absolute atomic E-state index is 6.93. The Hall–Kier alpha value is -1.68. The Balaban J connectivity index is 2.05. The summed E-state index contributed by atoms with van der Waals surface area (Å²) in [6.07, 6.45) is 5.62. The SMILES string of the molecule is CC(C)(C)[Si](OC[C@@H]1C=CCCN1)(c1ccccc1)c1ccccc1. The zero-order valence-corrected chi connectivity index (χ0v) is 16.5. The lowest BCUT2D eigenvalue weighted by Crippen LogP contribution is -2.67. The molecule has 1 aliphatic rings. The van der Waals surface area contributed by atoms with E-state index in [0.717, 1.165) is 13.0 Å². The molecule has 0 amide bonds. The molecule has 1 heterocycles. The van der Waals surface area contributed by atoms with E-state index in [0.29, 0.717) is 12.6 Å². The van der Waals surface area contributed by atoms with Gasteiger partial charge in [-0.1, -0.05) is 93.6 Å². The molecule has 2 aromatic carbocycles. The predicted molar refractivity (Wildman–Crippen MR) is 109 cm³/mol. The molecule has 3 heteroatoms. The van der Waals surface area contributed by atoms with Gasteiger partial charge in [0.05, 0.1) is 6.61 Å². The molecule has 0 fully saturated rings. The molecular formula is C22H29NOSi. The fraction of sp³-hybridized carbons (Fsp3) is 0.364. The number of benzene rings is 2. The van der Waals surface area contributed by atoms with Crippen molar-refractivity contribution in [3.8, 4) is 0 Å². The highest BCUT2D eigenvalue weighted by Crippen LogP contribution is 2.36. The first-order valence-electron chi connectivity index (χ1n) is 9.19. The summed E-state index contributed by atoms with van der Waals surface area (Å²) in [4.78, 5) is 0. The van der Waals surface area contributed by atoms with Crippen LogP contribution in [0.5, 0.6) is 0 Å².